The summed E-state index contributed by atoms with van der Waals surface area (Å²) in [4.78, 5) is 39.8. The van der Waals surface area contributed by atoms with E-state index < -0.39 is 47.4 Å². The van der Waals surface area contributed by atoms with Crippen molar-refractivity contribution in [2.45, 2.75) is 84.3 Å². The average molecular weight is 485 g/mol. The van der Waals surface area contributed by atoms with Crippen LogP contribution in [0.1, 0.15) is 54.0 Å². The first kappa shape index (κ1) is 28.7. The summed E-state index contributed by atoms with van der Waals surface area (Å²) in [6.45, 7) is 12.5. The Bertz CT molecular complexity index is 814. The highest BCUT2D eigenvalue weighted by molar-refractivity contribution is 6.30. The lowest BCUT2D eigenvalue weighted by Gasteiger charge is -2.36. The van der Waals surface area contributed by atoms with Gasteiger partial charge in [0.1, 0.15) is 11.6 Å². The molecule has 3 atom stereocenters. The summed E-state index contributed by atoms with van der Waals surface area (Å²) in [5.41, 5.74) is -0.517. The molecule has 3 unspecified atom stereocenters. The molecular weight excluding hydrogens is 448 g/mol. The topological polar surface area (TPSA) is 94.2 Å². The Hall–Kier alpha value is -2.32. The van der Waals surface area contributed by atoms with Crippen molar-refractivity contribution in [2.24, 2.45) is 0 Å². The highest BCUT2D eigenvalue weighted by Gasteiger charge is 2.38. The number of methoxy groups -OCH3 is 1. The summed E-state index contributed by atoms with van der Waals surface area (Å²) in [5.74, 6) is -1.11. The lowest BCUT2D eigenvalue weighted by molar-refractivity contribution is -0.164. The first-order valence-electron chi connectivity index (χ1n) is 10.8. The minimum absolute atomic E-state index is 0.169. The second-order valence-corrected chi connectivity index (χ2v) is 10.3. The largest absolute Gasteiger partial charge is 0.467 e. The van der Waals surface area contributed by atoms with Crippen molar-refractivity contribution >= 4 is 29.6 Å². The van der Waals surface area contributed by atoms with Gasteiger partial charge < -0.3 is 24.4 Å². The van der Waals surface area contributed by atoms with Crippen LogP contribution in [-0.4, -0.2) is 66.4 Å². The number of hydrogen-bond donors (Lipinski definition) is 1. The van der Waals surface area contributed by atoms with Crippen LogP contribution in [0.15, 0.2) is 24.3 Å². The fraction of sp³-hybridized carbons (Fsp3) is 0.625. The van der Waals surface area contributed by atoms with E-state index in [0.717, 1.165) is 5.56 Å². The van der Waals surface area contributed by atoms with Gasteiger partial charge in [-0.1, -0.05) is 23.7 Å². The molecule has 1 N–H and O–H groups in total. The molecule has 0 aliphatic heterocycles. The number of nitrogens with zero attached hydrogens (tertiary/aromatic N) is 1. The van der Waals surface area contributed by atoms with E-state index in [1.807, 2.05) is 20.8 Å². The molecule has 0 aliphatic rings. The van der Waals surface area contributed by atoms with Gasteiger partial charge >= 0.3 is 12.1 Å². The summed E-state index contributed by atoms with van der Waals surface area (Å²) in [7, 11) is 2.74. The van der Waals surface area contributed by atoms with Crippen molar-refractivity contribution in [1.82, 2.24) is 10.2 Å². The van der Waals surface area contributed by atoms with Gasteiger partial charge in [0, 0.05) is 18.5 Å². The Kier molecular flexibility index (Phi) is 10.2. The van der Waals surface area contributed by atoms with Crippen LogP contribution in [0.5, 0.6) is 0 Å². The maximum absolute atomic E-state index is 13.5. The van der Waals surface area contributed by atoms with Crippen molar-refractivity contribution in [2.75, 3.05) is 14.2 Å². The van der Waals surface area contributed by atoms with E-state index in [1.165, 1.54) is 19.1 Å². The molecule has 0 heterocycles. The van der Waals surface area contributed by atoms with Crippen LogP contribution in [0, 0.1) is 0 Å². The van der Waals surface area contributed by atoms with Gasteiger partial charge in [-0.15, -0.1) is 0 Å². The minimum Gasteiger partial charge on any atom is -0.467 e. The Morgan fingerprint density at radius 3 is 2.03 bits per heavy atom. The molecule has 0 aromatic heterocycles. The molecule has 0 bridgehead atoms. The molecule has 0 saturated heterocycles. The zero-order chi connectivity index (χ0) is 25.6. The number of likely N-dealkylation sites (N-methyl/N-ethyl adjacent to an activating group) is 1. The number of benzene rings is 1. The molecular formula is C24H37ClN2O6. The number of alkyl carbamates (subject to hydrolysis) is 1. The first-order chi connectivity index (χ1) is 15.0. The Balaban J connectivity index is 3.23. The van der Waals surface area contributed by atoms with E-state index in [1.54, 1.807) is 52.0 Å². The van der Waals surface area contributed by atoms with Gasteiger partial charge in [-0.25, -0.2) is 9.59 Å². The standard InChI is InChI=1S/C24H37ClN2O6/c1-15(32-23(2,3)4)19(21(29)31-9)27(8)20(28)18(26-22(30)33-24(5,6)7)14-16-10-12-17(25)13-11-16/h10-13,15,18-19H,14H2,1-9H3,(H,26,30). The molecule has 9 heteroatoms. The van der Waals surface area contributed by atoms with Gasteiger partial charge in [0.2, 0.25) is 5.91 Å². The van der Waals surface area contributed by atoms with Crippen LogP contribution < -0.4 is 5.32 Å². The van der Waals surface area contributed by atoms with Gasteiger partial charge in [0.05, 0.1) is 18.8 Å². The second kappa shape index (κ2) is 11.7. The number of nitrogens with one attached hydrogen (secondary N) is 1. The van der Waals surface area contributed by atoms with Crippen molar-refractivity contribution in [3.8, 4) is 0 Å². The van der Waals surface area contributed by atoms with E-state index in [4.69, 9.17) is 25.8 Å². The Morgan fingerprint density at radius 2 is 1.58 bits per heavy atom. The van der Waals surface area contributed by atoms with Gasteiger partial charge in [0.15, 0.2) is 6.04 Å². The molecule has 8 nitrogen and oxygen atoms in total. The van der Waals surface area contributed by atoms with Gasteiger partial charge in [-0.05, 0) is 66.2 Å². The highest BCUT2D eigenvalue weighted by atomic mass is 35.5. The number of carbonyl (C=O) groups is 3. The van der Waals surface area contributed by atoms with E-state index in [0.29, 0.717) is 5.02 Å². The SMILES string of the molecule is COC(=O)C(C(C)OC(C)(C)C)N(C)C(=O)C(Cc1ccc(Cl)cc1)NC(=O)OC(C)(C)C. The molecule has 33 heavy (non-hydrogen) atoms. The molecule has 0 radical (unpaired) electrons. The number of ether oxygens (including phenoxy) is 3. The molecule has 1 aromatic carbocycles. The zero-order valence-electron chi connectivity index (χ0n) is 21.0. The minimum atomic E-state index is -1.02. The summed E-state index contributed by atoms with van der Waals surface area (Å²) in [5, 5.41) is 3.19. The van der Waals surface area contributed by atoms with E-state index in [9.17, 15) is 14.4 Å². The fourth-order valence-electron chi connectivity index (χ4n) is 3.30. The molecule has 1 rings (SSSR count). The molecule has 2 amide bonds. The van der Waals surface area contributed by atoms with Gasteiger partial charge in [-0.2, -0.15) is 0 Å². The third kappa shape index (κ3) is 10.0. The maximum Gasteiger partial charge on any atom is 0.408 e. The van der Waals surface area contributed by atoms with Crippen LogP contribution in [0.3, 0.4) is 0 Å². The molecule has 1 aromatic rings. The predicted molar refractivity (Wildman–Crippen MR) is 127 cm³/mol. The van der Waals surface area contributed by atoms with E-state index in [-0.39, 0.29) is 6.42 Å². The number of esters is 1. The summed E-state index contributed by atoms with van der Waals surface area (Å²) < 4.78 is 16.2. The molecule has 0 saturated carbocycles. The molecule has 0 spiro atoms. The lowest BCUT2D eigenvalue weighted by Crippen LogP contribution is -2.57. The van der Waals surface area contributed by atoms with E-state index in [2.05, 4.69) is 5.32 Å². The van der Waals surface area contributed by atoms with Crippen molar-refractivity contribution in [3.63, 3.8) is 0 Å². The second-order valence-electron chi connectivity index (χ2n) is 9.88. The van der Waals surface area contributed by atoms with Crippen LogP contribution in [-0.2, 0) is 30.2 Å². The summed E-state index contributed by atoms with van der Waals surface area (Å²) in [6.07, 6.45) is -1.23. The normalized spacial score (nSPS) is 14.6. The predicted octanol–water partition coefficient (Wildman–Crippen LogP) is 3.98. The number of hydrogen-bond acceptors (Lipinski definition) is 6. The quantitative estimate of drug-likeness (QED) is 0.561. The Labute approximate surface area is 201 Å². The lowest BCUT2D eigenvalue weighted by atomic mass is 10.0. The number of halogens is 1. The average Bonchev–Trinajstić information content (AvgIpc) is 2.65. The first-order valence-corrected chi connectivity index (χ1v) is 11.2. The fourth-order valence-corrected chi connectivity index (χ4v) is 3.42. The van der Waals surface area contributed by atoms with Crippen LogP contribution in [0.2, 0.25) is 5.02 Å². The third-order valence-electron chi connectivity index (χ3n) is 4.53. The number of rotatable bonds is 8. The maximum atomic E-state index is 13.5. The highest BCUT2D eigenvalue weighted by Crippen LogP contribution is 2.19. The number of carbonyl (C=O) groups excluding carboxylic acids is 3. The molecule has 0 fully saturated rings. The summed E-state index contributed by atoms with van der Waals surface area (Å²) >= 11 is 5.97. The van der Waals surface area contributed by atoms with Crippen molar-refractivity contribution in [3.05, 3.63) is 34.9 Å². The smallest absolute Gasteiger partial charge is 0.408 e. The van der Waals surface area contributed by atoms with Gasteiger partial charge in [0.25, 0.3) is 0 Å². The van der Waals surface area contributed by atoms with Crippen molar-refractivity contribution in [1.29, 1.82) is 0 Å². The number of amides is 2. The van der Waals surface area contributed by atoms with E-state index >= 15 is 0 Å². The van der Waals surface area contributed by atoms with Gasteiger partial charge in [-0.3, -0.25) is 4.79 Å². The Morgan fingerprint density at radius 1 is 1.03 bits per heavy atom. The van der Waals surface area contributed by atoms with Crippen LogP contribution >= 0.6 is 11.6 Å². The molecule has 0 aliphatic carbocycles. The van der Waals surface area contributed by atoms with Crippen LogP contribution in [0.4, 0.5) is 4.79 Å². The zero-order valence-corrected chi connectivity index (χ0v) is 21.8. The van der Waals surface area contributed by atoms with Crippen molar-refractivity contribution < 1.29 is 28.6 Å². The summed E-state index contributed by atoms with van der Waals surface area (Å²) in [6, 6.07) is 4.92. The monoisotopic (exact) mass is 484 g/mol. The third-order valence-corrected chi connectivity index (χ3v) is 4.79. The van der Waals surface area contributed by atoms with Crippen LogP contribution in [0.25, 0.3) is 0 Å². The molecule has 186 valence electrons.